The second kappa shape index (κ2) is 13.9. The molecule has 0 aliphatic heterocycles. The molecule has 7 aromatic rings. The fraction of sp³-hybridized carbons (Fsp3) is 0. The third kappa shape index (κ3) is 6.01. The molecule has 0 bridgehead atoms. The summed E-state index contributed by atoms with van der Waals surface area (Å²) in [6.45, 7) is 0. The zero-order valence-electron chi connectivity index (χ0n) is 22.8. The molecule has 0 aromatic heterocycles. The Hall–Kier alpha value is -3.13. The zero-order valence-corrected chi connectivity index (χ0v) is 27.1. The van der Waals surface area contributed by atoms with Gasteiger partial charge in [0, 0.05) is 10.6 Å². The molecule has 0 unspecified atom stereocenters. The van der Waals surface area contributed by atoms with Crippen LogP contribution in [0, 0.1) is 6.07 Å². The van der Waals surface area contributed by atoms with Gasteiger partial charge in [-0.2, -0.15) is 0 Å². The summed E-state index contributed by atoms with van der Waals surface area (Å²) in [5, 5.41) is 13.4. The molecule has 4 heteroatoms. The van der Waals surface area contributed by atoms with Gasteiger partial charge in [-0.05, 0) is 48.5 Å². The molecule has 0 aliphatic rings. The van der Waals surface area contributed by atoms with Crippen molar-refractivity contribution in [1.29, 1.82) is 0 Å². The Balaban J connectivity index is 0.00000155. The van der Waals surface area contributed by atoms with E-state index < -0.39 is 15.8 Å². The smallest absolute Gasteiger partial charge is 0.0951 e. The Kier molecular flexibility index (Phi) is 9.58. The molecule has 0 radical (unpaired) electrons. The summed E-state index contributed by atoms with van der Waals surface area (Å²) in [7, 11) is 2.03. The molecule has 0 spiro atoms. The molecule has 42 heavy (non-hydrogen) atoms. The van der Waals surface area contributed by atoms with Crippen LogP contribution in [0.4, 0.5) is 0 Å². The Morgan fingerprint density at radius 1 is 0.381 bits per heavy atom. The Morgan fingerprint density at radius 2 is 0.690 bits per heavy atom. The minimum absolute atomic E-state index is 1.23. The van der Waals surface area contributed by atoms with Crippen LogP contribution in [0.3, 0.4) is 0 Å². The monoisotopic (exact) mass is 688 g/mol. The van der Waals surface area contributed by atoms with Crippen LogP contribution in [0.25, 0.3) is 21.5 Å². The first-order valence-electron chi connectivity index (χ1n) is 13.8. The number of fused-ring (bicyclic) bond motifs is 2. The SMILES string of the molecule is [Cl][Pd+].[c-]1c2c([PH+](c3ccccc3)c3ccccc3)cccc2cc2cccc([PH+](c3ccccc3)c3ccccc3)c12. The van der Waals surface area contributed by atoms with Gasteiger partial charge in [-0.1, -0.05) is 131 Å². The van der Waals surface area contributed by atoms with Crippen molar-refractivity contribution < 1.29 is 18.2 Å². The molecule has 0 fully saturated rings. The number of benzene rings is 7. The molecule has 7 rings (SSSR count). The number of rotatable bonds is 6. The largest absolute Gasteiger partial charge is 0.114 e. The maximum Gasteiger partial charge on any atom is 0.0951 e. The van der Waals surface area contributed by atoms with Gasteiger partial charge < -0.3 is 0 Å². The van der Waals surface area contributed by atoms with Gasteiger partial charge in [-0.25, -0.2) is 0 Å². The Bertz CT molecular complexity index is 1680. The predicted octanol–water partition coefficient (Wildman–Crippen LogP) is 7.46. The quantitative estimate of drug-likeness (QED) is 0.0737. The maximum absolute atomic E-state index is 4.49. The minimum Gasteiger partial charge on any atom is -0.114 e. The van der Waals surface area contributed by atoms with Crippen LogP contribution in [0.5, 0.6) is 0 Å². The van der Waals surface area contributed by atoms with E-state index in [1.54, 1.807) is 0 Å². The van der Waals surface area contributed by atoms with Crippen molar-refractivity contribution in [1.82, 2.24) is 0 Å². The van der Waals surface area contributed by atoms with E-state index in [4.69, 9.17) is 0 Å². The minimum atomic E-state index is -1.23. The van der Waals surface area contributed by atoms with E-state index in [9.17, 15) is 0 Å². The first-order chi connectivity index (χ1) is 20.9. The molecule has 206 valence electrons. The average molecular weight is 689 g/mol. The zero-order chi connectivity index (χ0) is 28.7. The van der Waals surface area contributed by atoms with Crippen molar-refractivity contribution in [2.45, 2.75) is 0 Å². The third-order valence-corrected chi connectivity index (χ3v) is 13.1. The molecule has 0 aliphatic carbocycles. The first-order valence-corrected chi connectivity index (χ1v) is 18.8. The standard InChI is InChI=1S/C38H27P2.ClH.Pd/c1-5-17-31(18-6-1)39(32-19-7-2-8-20-32)37-25-13-15-29-27-30-16-14-26-38(36(30)28-35(29)37)40(33-21-9-3-10-22-33)34-23-11-4-12-24-34;;/h1-27H;1H;/q-1;;+2/p+1. The van der Waals surface area contributed by atoms with E-state index in [1.807, 2.05) is 0 Å². The van der Waals surface area contributed by atoms with Gasteiger partial charge in [0.1, 0.15) is 0 Å². The Morgan fingerprint density at radius 3 is 1.00 bits per heavy atom. The molecule has 0 nitrogen and oxygen atoms in total. The number of hydrogen-bond acceptors (Lipinski definition) is 0. The summed E-state index contributed by atoms with van der Waals surface area (Å²) in [4.78, 5) is 0. The molecule has 0 amide bonds. The van der Waals surface area contributed by atoms with Crippen molar-refractivity contribution in [3.05, 3.63) is 170 Å². The van der Waals surface area contributed by atoms with Crippen LogP contribution in [0.1, 0.15) is 0 Å². The van der Waals surface area contributed by atoms with E-state index >= 15 is 0 Å². The molecule has 7 aromatic carbocycles. The van der Waals surface area contributed by atoms with Gasteiger partial charge in [0.25, 0.3) is 0 Å². The molecular weight excluding hydrogens is 660 g/mol. The van der Waals surface area contributed by atoms with Crippen LogP contribution in [-0.4, -0.2) is 0 Å². The summed E-state index contributed by atoms with van der Waals surface area (Å²) in [6.07, 6.45) is 0. The summed E-state index contributed by atoms with van der Waals surface area (Å²) in [5.74, 6) is 0. The van der Waals surface area contributed by atoms with E-state index in [-0.39, 0.29) is 0 Å². The molecule has 0 saturated heterocycles. The molecule has 0 saturated carbocycles. The summed E-state index contributed by atoms with van der Waals surface area (Å²) in [6, 6.07) is 64.1. The van der Waals surface area contributed by atoms with E-state index in [0.717, 1.165) is 0 Å². The van der Waals surface area contributed by atoms with E-state index in [0.29, 0.717) is 0 Å². The normalized spacial score (nSPS) is 11.1. The topological polar surface area (TPSA) is 0 Å². The number of halogens is 1. The van der Waals surface area contributed by atoms with E-state index in [2.05, 4.69) is 198 Å². The van der Waals surface area contributed by atoms with Crippen molar-refractivity contribution in [2.24, 2.45) is 0 Å². The van der Waals surface area contributed by atoms with Gasteiger partial charge in [0.2, 0.25) is 0 Å². The van der Waals surface area contributed by atoms with Crippen LogP contribution in [-0.2, 0) is 18.2 Å². The van der Waals surface area contributed by atoms with Crippen molar-refractivity contribution in [3.8, 4) is 0 Å². The fourth-order valence-electron chi connectivity index (χ4n) is 5.74. The van der Waals surface area contributed by atoms with Crippen LogP contribution in [0.2, 0.25) is 0 Å². The third-order valence-electron chi connectivity index (χ3n) is 7.54. The predicted molar refractivity (Wildman–Crippen MR) is 186 cm³/mol. The summed E-state index contributed by atoms with van der Waals surface area (Å²) >= 11 is 2.22. The van der Waals surface area contributed by atoms with Gasteiger partial charge in [0.15, 0.2) is 0 Å². The van der Waals surface area contributed by atoms with Gasteiger partial charge in [-0.15, -0.1) is 12.1 Å². The van der Waals surface area contributed by atoms with Gasteiger partial charge >= 0.3 is 27.7 Å². The van der Waals surface area contributed by atoms with Crippen LogP contribution < -0.4 is 31.8 Å². The van der Waals surface area contributed by atoms with Crippen molar-refractivity contribution in [2.75, 3.05) is 0 Å². The second-order valence-electron chi connectivity index (χ2n) is 10.0. The maximum atomic E-state index is 4.49. The van der Waals surface area contributed by atoms with Gasteiger partial charge in [0.05, 0.1) is 37.1 Å². The fourth-order valence-corrected chi connectivity index (χ4v) is 11.2. The van der Waals surface area contributed by atoms with E-state index in [1.165, 1.54) is 53.4 Å². The summed E-state index contributed by atoms with van der Waals surface area (Å²) in [5.41, 5.74) is 0. The first kappa shape index (κ1) is 29.0. The van der Waals surface area contributed by atoms with Gasteiger partial charge in [-0.3, -0.25) is 0 Å². The molecule has 0 atom stereocenters. The number of hydrogen-bond donors (Lipinski definition) is 0. The van der Waals surface area contributed by atoms with Crippen molar-refractivity contribution >= 4 is 78.7 Å². The van der Waals surface area contributed by atoms with Crippen molar-refractivity contribution in [3.63, 3.8) is 0 Å². The molecular formula is C38H29ClP2Pd+2. The van der Waals surface area contributed by atoms with Crippen LogP contribution in [0.15, 0.2) is 164 Å². The average Bonchev–Trinajstić information content (AvgIpc) is 3.07. The molecule has 0 N–H and O–H groups in total. The van der Waals surface area contributed by atoms with Crippen LogP contribution >= 0.6 is 25.4 Å². The second-order valence-corrected chi connectivity index (χ2v) is 14.9. The summed E-state index contributed by atoms with van der Waals surface area (Å²) < 4.78 is 0. The Labute approximate surface area is 265 Å². The molecule has 0 heterocycles.